The van der Waals surface area contributed by atoms with E-state index in [1.807, 2.05) is 20.9 Å². The summed E-state index contributed by atoms with van der Waals surface area (Å²) in [5.74, 6) is -0.0348. The second kappa shape index (κ2) is 4.07. The second-order valence-electron chi connectivity index (χ2n) is 3.06. The lowest BCUT2D eigenvalue weighted by molar-refractivity contribution is 0.0953. The third-order valence-electron chi connectivity index (χ3n) is 1.79. The first kappa shape index (κ1) is 9.77. The topological polar surface area (TPSA) is 46.9 Å². The third kappa shape index (κ3) is 2.31. The normalized spacial score (nSPS) is 10.1. The maximum Gasteiger partial charge on any atom is 0.254 e. The van der Waals surface area contributed by atoms with Crippen LogP contribution in [0.25, 0.3) is 0 Å². The van der Waals surface area contributed by atoms with Crippen molar-refractivity contribution in [2.45, 2.75) is 20.3 Å². The fraction of sp³-hybridized carbons (Fsp3) is 0.556. The standard InChI is InChI=1S/C9H15N3O/c1-4-5-10-9(13)8-6-12(3)11-7(8)2/h6H,4-5H2,1-3H3,(H,10,13). The van der Waals surface area contributed by atoms with E-state index in [1.54, 1.807) is 10.9 Å². The smallest absolute Gasteiger partial charge is 0.254 e. The van der Waals surface area contributed by atoms with Crippen molar-refractivity contribution < 1.29 is 4.79 Å². The van der Waals surface area contributed by atoms with Crippen LogP contribution < -0.4 is 5.32 Å². The zero-order valence-electron chi connectivity index (χ0n) is 8.29. The minimum Gasteiger partial charge on any atom is -0.352 e. The van der Waals surface area contributed by atoms with Crippen LogP contribution in [0, 0.1) is 6.92 Å². The van der Waals surface area contributed by atoms with E-state index in [4.69, 9.17) is 0 Å². The summed E-state index contributed by atoms with van der Waals surface area (Å²) in [5, 5.41) is 6.91. The van der Waals surface area contributed by atoms with Gasteiger partial charge >= 0.3 is 0 Å². The van der Waals surface area contributed by atoms with Crippen molar-refractivity contribution in [3.05, 3.63) is 17.5 Å². The molecule has 1 N–H and O–H groups in total. The lowest BCUT2D eigenvalue weighted by Crippen LogP contribution is -2.24. The van der Waals surface area contributed by atoms with E-state index in [0.29, 0.717) is 12.1 Å². The van der Waals surface area contributed by atoms with Crippen molar-refractivity contribution in [3.63, 3.8) is 0 Å². The Balaban J connectivity index is 2.70. The Kier molecular flexibility index (Phi) is 3.06. The molecule has 0 aliphatic carbocycles. The Morgan fingerprint density at radius 1 is 1.69 bits per heavy atom. The molecule has 1 heterocycles. The van der Waals surface area contributed by atoms with Gasteiger partial charge in [0.15, 0.2) is 0 Å². The van der Waals surface area contributed by atoms with Crippen LogP contribution in [0.2, 0.25) is 0 Å². The third-order valence-corrected chi connectivity index (χ3v) is 1.79. The van der Waals surface area contributed by atoms with E-state index >= 15 is 0 Å². The van der Waals surface area contributed by atoms with Crippen LogP contribution in [0.4, 0.5) is 0 Å². The molecule has 1 rings (SSSR count). The summed E-state index contributed by atoms with van der Waals surface area (Å²) in [6, 6.07) is 0. The van der Waals surface area contributed by atoms with E-state index in [0.717, 1.165) is 12.1 Å². The summed E-state index contributed by atoms with van der Waals surface area (Å²) in [6.45, 7) is 4.57. The van der Waals surface area contributed by atoms with Crippen molar-refractivity contribution in [1.29, 1.82) is 0 Å². The SMILES string of the molecule is CCCNC(=O)c1cn(C)nc1C. The van der Waals surface area contributed by atoms with Crippen LogP contribution in [-0.4, -0.2) is 22.2 Å². The van der Waals surface area contributed by atoms with E-state index in [1.165, 1.54) is 0 Å². The minimum atomic E-state index is -0.0348. The summed E-state index contributed by atoms with van der Waals surface area (Å²) in [4.78, 5) is 11.5. The summed E-state index contributed by atoms with van der Waals surface area (Å²) < 4.78 is 1.65. The molecule has 0 aromatic carbocycles. The van der Waals surface area contributed by atoms with Crippen LogP contribution >= 0.6 is 0 Å². The van der Waals surface area contributed by atoms with Crippen molar-refractivity contribution >= 4 is 5.91 Å². The van der Waals surface area contributed by atoms with Crippen LogP contribution in [0.5, 0.6) is 0 Å². The molecule has 72 valence electrons. The molecular weight excluding hydrogens is 166 g/mol. The minimum absolute atomic E-state index is 0.0348. The zero-order chi connectivity index (χ0) is 9.84. The predicted molar refractivity (Wildman–Crippen MR) is 50.6 cm³/mol. The van der Waals surface area contributed by atoms with Crippen LogP contribution in [0.3, 0.4) is 0 Å². The Morgan fingerprint density at radius 3 is 2.85 bits per heavy atom. The largest absolute Gasteiger partial charge is 0.352 e. The first-order valence-electron chi connectivity index (χ1n) is 4.43. The first-order chi connectivity index (χ1) is 6.15. The molecule has 0 aliphatic heterocycles. The molecule has 0 aliphatic rings. The van der Waals surface area contributed by atoms with Crippen LogP contribution in [0.1, 0.15) is 29.4 Å². The van der Waals surface area contributed by atoms with Gasteiger partial charge in [0, 0.05) is 19.8 Å². The molecular formula is C9H15N3O. The molecule has 0 spiro atoms. The van der Waals surface area contributed by atoms with Crippen LogP contribution in [0.15, 0.2) is 6.20 Å². The summed E-state index contributed by atoms with van der Waals surface area (Å²) in [5.41, 5.74) is 1.44. The number of amides is 1. The molecule has 4 nitrogen and oxygen atoms in total. The van der Waals surface area contributed by atoms with Gasteiger partial charge in [-0.15, -0.1) is 0 Å². The number of hydrogen-bond acceptors (Lipinski definition) is 2. The highest BCUT2D eigenvalue weighted by Crippen LogP contribution is 2.03. The second-order valence-corrected chi connectivity index (χ2v) is 3.06. The van der Waals surface area contributed by atoms with Gasteiger partial charge in [0.25, 0.3) is 5.91 Å². The van der Waals surface area contributed by atoms with Gasteiger partial charge < -0.3 is 5.32 Å². The maximum absolute atomic E-state index is 11.5. The number of rotatable bonds is 3. The van der Waals surface area contributed by atoms with E-state index in [-0.39, 0.29) is 5.91 Å². The fourth-order valence-corrected chi connectivity index (χ4v) is 1.16. The van der Waals surface area contributed by atoms with Crippen LogP contribution in [-0.2, 0) is 7.05 Å². The van der Waals surface area contributed by atoms with E-state index < -0.39 is 0 Å². The zero-order valence-corrected chi connectivity index (χ0v) is 8.29. The van der Waals surface area contributed by atoms with Gasteiger partial charge in [0.1, 0.15) is 0 Å². The Hall–Kier alpha value is -1.32. The number of hydrogen-bond donors (Lipinski definition) is 1. The molecule has 0 fully saturated rings. The lowest BCUT2D eigenvalue weighted by Gasteiger charge is -2.00. The molecule has 1 amide bonds. The molecule has 0 unspecified atom stereocenters. The van der Waals surface area contributed by atoms with E-state index in [2.05, 4.69) is 10.4 Å². The van der Waals surface area contributed by atoms with Gasteiger partial charge in [-0.05, 0) is 13.3 Å². The Morgan fingerprint density at radius 2 is 2.38 bits per heavy atom. The van der Waals surface area contributed by atoms with Gasteiger partial charge in [-0.3, -0.25) is 9.48 Å². The molecule has 0 bridgehead atoms. The number of carbonyl (C=O) groups is 1. The van der Waals surface area contributed by atoms with E-state index in [9.17, 15) is 4.79 Å². The molecule has 0 radical (unpaired) electrons. The molecule has 1 aromatic rings. The number of carbonyl (C=O) groups excluding carboxylic acids is 1. The monoisotopic (exact) mass is 181 g/mol. The average Bonchev–Trinajstić information content (AvgIpc) is 2.41. The highest BCUT2D eigenvalue weighted by atomic mass is 16.1. The van der Waals surface area contributed by atoms with Crippen molar-refractivity contribution in [1.82, 2.24) is 15.1 Å². The summed E-state index contributed by atoms with van der Waals surface area (Å²) in [7, 11) is 1.81. The number of nitrogens with zero attached hydrogens (tertiary/aromatic N) is 2. The molecule has 0 atom stereocenters. The quantitative estimate of drug-likeness (QED) is 0.752. The summed E-state index contributed by atoms with van der Waals surface area (Å²) in [6.07, 6.45) is 2.69. The fourth-order valence-electron chi connectivity index (χ4n) is 1.16. The first-order valence-corrected chi connectivity index (χ1v) is 4.43. The van der Waals surface area contributed by atoms with Gasteiger partial charge in [0.2, 0.25) is 0 Å². The van der Waals surface area contributed by atoms with Crippen molar-refractivity contribution in [2.24, 2.45) is 7.05 Å². The maximum atomic E-state index is 11.5. The number of aromatic nitrogens is 2. The highest BCUT2D eigenvalue weighted by molar-refractivity contribution is 5.94. The van der Waals surface area contributed by atoms with Crippen molar-refractivity contribution in [3.8, 4) is 0 Å². The lowest BCUT2D eigenvalue weighted by atomic mass is 10.2. The molecule has 13 heavy (non-hydrogen) atoms. The average molecular weight is 181 g/mol. The molecule has 1 aromatic heterocycles. The van der Waals surface area contributed by atoms with Gasteiger partial charge in [-0.25, -0.2) is 0 Å². The molecule has 0 saturated carbocycles. The number of aryl methyl sites for hydroxylation is 2. The van der Waals surface area contributed by atoms with Gasteiger partial charge in [0.05, 0.1) is 11.3 Å². The van der Waals surface area contributed by atoms with Gasteiger partial charge in [-0.2, -0.15) is 5.10 Å². The Bertz CT molecular complexity index is 304. The Labute approximate surface area is 77.9 Å². The number of nitrogens with one attached hydrogen (secondary N) is 1. The van der Waals surface area contributed by atoms with Crippen molar-refractivity contribution in [2.75, 3.05) is 6.54 Å². The molecule has 4 heteroatoms. The van der Waals surface area contributed by atoms with Gasteiger partial charge in [-0.1, -0.05) is 6.92 Å². The molecule has 0 saturated heterocycles. The summed E-state index contributed by atoms with van der Waals surface area (Å²) >= 11 is 0. The highest BCUT2D eigenvalue weighted by Gasteiger charge is 2.10. The predicted octanol–water partition coefficient (Wildman–Crippen LogP) is 0.868.